The zero-order valence-electron chi connectivity index (χ0n) is 11.3. The van der Waals surface area contributed by atoms with E-state index >= 15 is 0 Å². The molecule has 1 aliphatic rings. The number of rotatable bonds is 2. The molecule has 1 saturated heterocycles. The van der Waals surface area contributed by atoms with Crippen LogP contribution in [0.3, 0.4) is 0 Å². The van der Waals surface area contributed by atoms with E-state index in [2.05, 4.69) is 49.2 Å². The summed E-state index contributed by atoms with van der Waals surface area (Å²) in [6, 6.07) is 7.46. The van der Waals surface area contributed by atoms with Gasteiger partial charge in [0.2, 0.25) is 0 Å². The minimum absolute atomic E-state index is 0.615. The predicted octanol–water partition coefficient (Wildman–Crippen LogP) is 2.49. The van der Waals surface area contributed by atoms with Crippen LogP contribution in [0.5, 0.6) is 0 Å². The molecule has 1 unspecified atom stereocenters. The molecule has 0 amide bonds. The standard InChI is InChI=1S/C15H24N2/c1-12-5-6-15(9-13(12)2)11-17-8-4-7-16-14(3)10-17/h5-6,9,14,16H,4,7-8,10-11H2,1-3H3. The molecule has 1 aliphatic heterocycles. The first-order chi connectivity index (χ1) is 8.15. The quantitative estimate of drug-likeness (QED) is 0.843. The number of nitrogens with one attached hydrogen (secondary N) is 1. The highest BCUT2D eigenvalue weighted by Crippen LogP contribution is 2.13. The first-order valence-corrected chi connectivity index (χ1v) is 6.67. The number of benzene rings is 1. The van der Waals surface area contributed by atoms with Gasteiger partial charge in [-0.05, 0) is 57.0 Å². The minimum Gasteiger partial charge on any atom is -0.313 e. The van der Waals surface area contributed by atoms with Crippen molar-refractivity contribution in [1.29, 1.82) is 0 Å². The summed E-state index contributed by atoms with van der Waals surface area (Å²) in [5.41, 5.74) is 4.24. The fourth-order valence-electron chi connectivity index (χ4n) is 2.50. The molecule has 0 saturated carbocycles. The van der Waals surface area contributed by atoms with Crippen molar-refractivity contribution >= 4 is 0 Å². The van der Waals surface area contributed by atoms with Crippen molar-refractivity contribution in [3.8, 4) is 0 Å². The van der Waals surface area contributed by atoms with E-state index < -0.39 is 0 Å². The second-order valence-electron chi connectivity index (χ2n) is 5.36. The van der Waals surface area contributed by atoms with Gasteiger partial charge in [-0.3, -0.25) is 4.90 Å². The molecule has 2 rings (SSSR count). The second-order valence-corrected chi connectivity index (χ2v) is 5.36. The van der Waals surface area contributed by atoms with Crippen LogP contribution in [0, 0.1) is 13.8 Å². The molecule has 2 nitrogen and oxygen atoms in total. The van der Waals surface area contributed by atoms with E-state index in [0.717, 1.165) is 19.6 Å². The van der Waals surface area contributed by atoms with Gasteiger partial charge in [-0.25, -0.2) is 0 Å². The number of aryl methyl sites for hydroxylation is 2. The maximum atomic E-state index is 3.54. The highest BCUT2D eigenvalue weighted by Gasteiger charge is 2.14. The van der Waals surface area contributed by atoms with E-state index in [1.54, 1.807) is 0 Å². The molecule has 0 radical (unpaired) electrons. The van der Waals surface area contributed by atoms with Gasteiger partial charge < -0.3 is 5.32 Å². The lowest BCUT2D eigenvalue weighted by atomic mass is 10.1. The van der Waals surface area contributed by atoms with Gasteiger partial charge in [0, 0.05) is 19.1 Å². The second kappa shape index (κ2) is 5.65. The topological polar surface area (TPSA) is 15.3 Å². The Kier molecular flexibility index (Phi) is 4.19. The molecule has 94 valence electrons. The third-order valence-electron chi connectivity index (χ3n) is 3.65. The van der Waals surface area contributed by atoms with Crippen LogP contribution in [0.25, 0.3) is 0 Å². The van der Waals surface area contributed by atoms with Gasteiger partial charge in [-0.15, -0.1) is 0 Å². The van der Waals surface area contributed by atoms with Crippen LogP contribution >= 0.6 is 0 Å². The first kappa shape index (κ1) is 12.6. The van der Waals surface area contributed by atoms with E-state index in [4.69, 9.17) is 0 Å². The highest BCUT2D eigenvalue weighted by atomic mass is 15.2. The molecule has 1 fully saturated rings. The summed E-state index contributed by atoms with van der Waals surface area (Å²) in [6.45, 7) is 11.3. The summed E-state index contributed by atoms with van der Waals surface area (Å²) < 4.78 is 0. The van der Waals surface area contributed by atoms with Gasteiger partial charge in [-0.2, -0.15) is 0 Å². The lowest BCUT2D eigenvalue weighted by Crippen LogP contribution is -2.34. The Morgan fingerprint density at radius 1 is 1.29 bits per heavy atom. The fourth-order valence-corrected chi connectivity index (χ4v) is 2.50. The highest BCUT2D eigenvalue weighted by molar-refractivity contribution is 5.29. The Morgan fingerprint density at radius 2 is 2.12 bits per heavy atom. The van der Waals surface area contributed by atoms with E-state index in [9.17, 15) is 0 Å². The van der Waals surface area contributed by atoms with Gasteiger partial charge in [0.05, 0.1) is 0 Å². The molecule has 2 heteroatoms. The molecule has 0 spiro atoms. The summed E-state index contributed by atoms with van der Waals surface area (Å²) in [5.74, 6) is 0. The van der Waals surface area contributed by atoms with E-state index in [1.165, 1.54) is 29.7 Å². The fraction of sp³-hybridized carbons (Fsp3) is 0.600. The van der Waals surface area contributed by atoms with E-state index in [0.29, 0.717) is 6.04 Å². The zero-order valence-corrected chi connectivity index (χ0v) is 11.3. The summed E-state index contributed by atoms with van der Waals surface area (Å²) in [5, 5.41) is 3.54. The van der Waals surface area contributed by atoms with Crippen LogP contribution in [0.4, 0.5) is 0 Å². The monoisotopic (exact) mass is 232 g/mol. The molecule has 0 aliphatic carbocycles. The molecule has 1 aromatic carbocycles. The van der Waals surface area contributed by atoms with Gasteiger partial charge >= 0.3 is 0 Å². The molecule has 0 aromatic heterocycles. The van der Waals surface area contributed by atoms with Crippen molar-refractivity contribution in [2.24, 2.45) is 0 Å². The lowest BCUT2D eigenvalue weighted by Gasteiger charge is -2.22. The smallest absolute Gasteiger partial charge is 0.0234 e. The summed E-state index contributed by atoms with van der Waals surface area (Å²) in [4.78, 5) is 2.56. The normalized spacial score (nSPS) is 22.4. The van der Waals surface area contributed by atoms with Gasteiger partial charge in [0.15, 0.2) is 0 Å². The Hall–Kier alpha value is -0.860. The summed E-state index contributed by atoms with van der Waals surface area (Å²) in [7, 11) is 0. The molecule has 1 N–H and O–H groups in total. The van der Waals surface area contributed by atoms with Crippen molar-refractivity contribution in [2.45, 2.75) is 39.8 Å². The number of nitrogens with zero attached hydrogens (tertiary/aromatic N) is 1. The number of hydrogen-bond donors (Lipinski definition) is 1. The predicted molar refractivity (Wildman–Crippen MR) is 73.3 cm³/mol. The largest absolute Gasteiger partial charge is 0.313 e. The maximum Gasteiger partial charge on any atom is 0.0234 e. The Balaban J connectivity index is 2.01. The SMILES string of the molecule is Cc1ccc(CN2CCCNC(C)C2)cc1C. The molecule has 1 heterocycles. The van der Waals surface area contributed by atoms with E-state index in [1.807, 2.05) is 0 Å². The van der Waals surface area contributed by atoms with Crippen LogP contribution in [-0.2, 0) is 6.54 Å². The summed E-state index contributed by atoms with van der Waals surface area (Å²) in [6.07, 6.45) is 1.26. The average molecular weight is 232 g/mol. The van der Waals surface area contributed by atoms with Crippen LogP contribution in [0.15, 0.2) is 18.2 Å². The minimum atomic E-state index is 0.615. The van der Waals surface area contributed by atoms with Crippen molar-refractivity contribution < 1.29 is 0 Å². The van der Waals surface area contributed by atoms with Crippen molar-refractivity contribution in [3.05, 3.63) is 34.9 Å². The first-order valence-electron chi connectivity index (χ1n) is 6.67. The van der Waals surface area contributed by atoms with Crippen LogP contribution in [0.1, 0.15) is 30.0 Å². The summed E-state index contributed by atoms with van der Waals surface area (Å²) >= 11 is 0. The van der Waals surface area contributed by atoms with Gasteiger partial charge in [0.25, 0.3) is 0 Å². The van der Waals surface area contributed by atoms with Crippen molar-refractivity contribution in [3.63, 3.8) is 0 Å². The molecule has 17 heavy (non-hydrogen) atoms. The third-order valence-corrected chi connectivity index (χ3v) is 3.65. The zero-order chi connectivity index (χ0) is 12.3. The van der Waals surface area contributed by atoms with Crippen LogP contribution < -0.4 is 5.32 Å². The Bertz CT molecular complexity index is 373. The molecular weight excluding hydrogens is 208 g/mol. The van der Waals surface area contributed by atoms with Gasteiger partial charge in [0.1, 0.15) is 0 Å². The molecule has 1 aromatic rings. The average Bonchev–Trinajstić information content (AvgIpc) is 2.48. The Labute approximate surface area is 105 Å². The van der Waals surface area contributed by atoms with Crippen molar-refractivity contribution in [1.82, 2.24) is 10.2 Å². The molecule has 0 bridgehead atoms. The molecular formula is C15H24N2. The Morgan fingerprint density at radius 3 is 2.88 bits per heavy atom. The van der Waals surface area contributed by atoms with Gasteiger partial charge in [-0.1, -0.05) is 18.2 Å². The molecule has 1 atom stereocenters. The lowest BCUT2D eigenvalue weighted by molar-refractivity contribution is 0.264. The maximum absolute atomic E-state index is 3.54. The van der Waals surface area contributed by atoms with Crippen molar-refractivity contribution in [2.75, 3.05) is 19.6 Å². The van der Waals surface area contributed by atoms with Crippen LogP contribution in [0.2, 0.25) is 0 Å². The van der Waals surface area contributed by atoms with E-state index in [-0.39, 0.29) is 0 Å². The third kappa shape index (κ3) is 3.55. The number of hydrogen-bond acceptors (Lipinski definition) is 2. The van der Waals surface area contributed by atoms with Crippen LogP contribution in [-0.4, -0.2) is 30.6 Å².